The van der Waals surface area contributed by atoms with E-state index in [1.165, 1.54) is 12.3 Å². The Hall–Kier alpha value is -3.17. The molecule has 3 heterocycles. The van der Waals surface area contributed by atoms with E-state index >= 15 is 0 Å². The Morgan fingerprint density at radius 1 is 1.09 bits per heavy atom. The molecule has 0 spiro atoms. The van der Waals surface area contributed by atoms with Crippen molar-refractivity contribution in [2.45, 2.75) is 83.2 Å². The van der Waals surface area contributed by atoms with Gasteiger partial charge < -0.3 is 18.2 Å². The summed E-state index contributed by atoms with van der Waals surface area (Å²) in [6.45, 7) is 13.5. The van der Waals surface area contributed by atoms with Gasteiger partial charge in [-0.2, -0.15) is 21.6 Å². The highest BCUT2D eigenvalue weighted by molar-refractivity contribution is 7.88. The van der Waals surface area contributed by atoms with E-state index in [4.69, 9.17) is 14.5 Å². The average molecular weight is 643 g/mol. The summed E-state index contributed by atoms with van der Waals surface area (Å²) in [6.07, 6.45) is 4.27. The minimum Gasteiger partial charge on any atom is -0.444 e. The third-order valence-corrected chi connectivity index (χ3v) is 9.41. The van der Waals surface area contributed by atoms with E-state index in [1.54, 1.807) is 17.2 Å². The molecule has 1 aliphatic rings. The maximum absolute atomic E-state index is 13.0. The number of imidazole rings is 1. The van der Waals surface area contributed by atoms with Gasteiger partial charge in [0.2, 0.25) is 0 Å². The second kappa shape index (κ2) is 12.1. The fourth-order valence-electron chi connectivity index (χ4n) is 4.60. The average Bonchev–Trinajstić information content (AvgIpc) is 3.51. The number of halogens is 3. The van der Waals surface area contributed by atoms with Gasteiger partial charge in [-0.25, -0.2) is 9.78 Å². The smallest absolute Gasteiger partial charge is 0.444 e. The molecule has 1 aliphatic heterocycles. The van der Waals surface area contributed by atoms with Crippen LogP contribution >= 0.6 is 0 Å². The van der Waals surface area contributed by atoms with Gasteiger partial charge in [-0.3, -0.25) is 9.88 Å². The van der Waals surface area contributed by atoms with E-state index < -0.39 is 41.1 Å². The van der Waals surface area contributed by atoms with Crippen molar-refractivity contribution >= 4 is 35.2 Å². The molecule has 2 aromatic heterocycles. The van der Waals surface area contributed by atoms with Crippen LogP contribution in [0.15, 0.2) is 36.7 Å². The summed E-state index contributed by atoms with van der Waals surface area (Å²) in [4.78, 5) is 23.8. The molecule has 1 amide bonds. The number of fused-ring (bicyclic) bond motifs is 1. The van der Waals surface area contributed by atoms with Crippen molar-refractivity contribution in [2.24, 2.45) is 0 Å². The first-order chi connectivity index (χ1) is 19.8. The molecule has 1 fully saturated rings. The van der Waals surface area contributed by atoms with E-state index in [1.807, 2.05) is 25.3 Å². The van der Waals surface area contributed by atoms with E-state index in [-0.39, 0.29) is 18.3 Å². The van der Waals surface area contributed by atoms with Gasteiger partial charge in [-0.1, -0.05) is 19.6 Å². The minimum atomic E-state index is -5.81. The number of alkyl halides is 3. The Balaban J connectivity index is 1.67. The number of rotatable bonds is 9. The molecular weight excluding hydrogens is 605 g/mol. The quantitative estimate of drug-likeness (QED) is 0.110. The van der Waals surface area contributed by atoms with Gasteiger partial charge in [0.05, 0.1) is 23.4 Å². The summed E-state index contributed by atoms with van der Waals surface area (Å²) < 4.78 is 79.0. The zero-order valence-electron chi connectivity index (χ0n) is 25.1. The lowest BCUT2D eigenvalue weighted by Crippen LogP contribution is -2.37. The number of carbonyl (C=O) groups is 1. The molecule has 0 bridgehead atoms. The first kappa shape index (κ1) is 32.7. The number of likely N-dealkylation sites (tertiary alicyclic amines) is 1. The zero-order chi connectivity index (χ0) is 31.8. The molecule has 0 radical (unpaired) electrons. The van der Waals surface area contributed by atoms with E-state index in [0.717, 1.165) is 24.6 Å². The van der Waals surface area contributed by atoms with Crippen molar-refractivity contribution in [1.82, 2.24) is 19.4 Å². The van der Waals surface area contributed by atoms with Crippen LogP contribution in [-0.4, -0.2) is 66.3 Å². The van der Waals surface area contributed by atoms with Gasteiger partial charge in [0.15, 0.2) is 0 Å². The molecule has 10 nitrogen and oxygen atoms in total. The van der Waals surface area contributed by atoms with Crippen LogP contribution in [0.5, 0.6) is 5.75 Å². The predicted octanol–water partition coefficient (Wildman–Crippen LogP) is 6.71. The lowest BCUT2D eigenvalue weighted by molar-refractivity contribution is -0.0500. The molecule has 3 aromatic rings. The van der Waals surface area contributed by atoms with Gasteiger partial charge in [0, 0.05) is 44.4 Å². The standard InChI is InChI=1S/C28H37F3N4O6SSi/c1-27(2,3)40-26(36)34-11-7-8-23(34)25-33-17-24(35(25)18-39-12-13-43(4,5)6)20-14-19-9-10-21(15-22(19)32-16-20)41-42(37,38)28(29,30)31/h9-10,14-17,23H,7-8,11-13,18H2,1-6H3/t23-/m0/s1. The Morgan fingerprint density at radius 2 is 1.81 bits per heavy atom. The van der Waals surface area contributed by atoms with Crippen LogP contribution in [0.2, 0.25) is 25.7 Å². The van der Waals surface area contributed by atoms with E-state index in [0.29, 0.717) is 42.0 Å². The maximum atomic E-state index is 13.0. The third kappa shape index (κ3) is 8.06. The van der Waals surface area contributed by atoms with Gasteiger partial charge >= 0.3 is 21.7 Å². The van der Waals surface area contributed by atoms with Crippen LogP contribution < -0.4 is 4.18 Å². The van der Waals surface area contributed by atoms with Crippen molar-refractivity contribution in [3.63, 3.8) is 0 Å². The molecule has 1 saturated heterocycles. The highest BCUT2D eigenvalue weighted by Crippen LogP contribution is 2.36. The summed E-state index contributed by atoms with van der Waals surface area (Å²) in [5, 5.41) is 0.541. The number of hydrogen-bond donors (Lipinski definition) is 0. The van der Waals surface area contributed by atoms with Crippen molar-refractivity contribution in [1.29, 1.82) is 0 Å². The Bertz CT molecular complexity index is 1580. The Morgan fingerprint density at radius 3 is 2.47 bits per heavy atom. The second-order valence-electron chi connectivity index (χ2n) is 12.7. The molecule has 1 aromatic carbocycles. The number of nitrogens with zero attached hydrogens (tertiary/aromatic N) is 4. The number of ether oxygens (including phenoxy) is 2. The van der Waals surface area contributed by atoms with E-state index in [2.05, 4.69) is 28.8 Å². The van der Waals surface area contributed by atoms with Crippen LogP contribution in [0.1, 0.15) is 45.5 Å². The maximum Gasteiger partial charge on any atom is 0.534 e. The molecule has 15 heteroatoms. The highest BCUT2D eigenvalue weighted by atomic mass is 32.2. The molecule has 0 N–H and O–H groups in total. The minimum absolute atomic E-state index is 0.188. The molecular formula is C28H37F3N4O6SSi. The molecule has 0 saturated carbocycles. The topological polar surface area (TPSA) is 113 Å². The Labute approximate surface area is 250 Å². The molecule has 0 aliphatic carbocycles. The summed E-state index contributed by atoms with van der Waals surface area (Å²) in [5.74, 6) is 0.143. The third-order valence-electron chi connectivity index (χ3n) is 6.72. The first-order valence-electron chi connectivity index (χ1n) is 13.9. The van der Waals surface area contributed by atoms with Crippen LogP contribution in [0.3, 0.4) is 0 Å². The highest BCUT2D eigenvalue weighted by Gasteiger charge is 2.48. The monoisotopic (exact) mass is 642 g/mol. The van der Waals surface area contributed by atoms with Crippen LogP contribution in [0.25, 0.3) is 22.2 Å². The summed E-state index contributed by atoms with van der Waals surface area (Å²) >= 11 is 0. The lowest BCUT2D eigenvalue weighted by atomic mass is 10.1. The van der Waals surface area contributed by atoms with Crippen molar-refractivity contribution in [2.75, 3.05) is 13.2 Å². The molecule has 236 valence electrons. The van der Waals surface area contributed by atoms with Crippen LogP contribution in [0.4, 0.5) is 18.0 Å². The first-order valence-corrected chi connectivity index (χ1v) is 19.0. The van der Waals surface area contributed by atoms with Crippen LogP contribution in [0, 0.1) is 0 Å². The number of pyridine rings is 1. The van der Waals surface area contributed by atoms with Gasteiger partial charge in [0.25, 0.3) is 0 Å². The SMILES string of the molecule is CC(C)(C)OC(=O)N1CCC[C@H]1c1ncc(-c2cnc3cc(OS(=O)(=O)C(F)(F)F)ccc3c2)n1COCC[Si](C)(C)C. The fourth-order valence-corrected chi connectivity index (χ4v) is 5.81. The van der Waals surface area contributed by atoms with Gasteiger partial charge in [-0.05, 0) is 57.9 Å². The van der Waals surface area contributed by atoms with Crippen LogP contribution in [-0.2, 0) is 26.3 Å². The number of hydrogen-bond acceptors (Lipinski definition) is 8. The number of amides is 1. The van der Waals surface area contributed by atoms with Crippen molar-refractivity contribution in [3.05, 3.63) is 42.5 Å². The predicted molar refractivity (Wildman–Crippen MR) is 158 cm³/mol. The summed E-state index contributed by atoms with van der Waals surface area (Å²) in [6, 6.07) is 6.10. The van der Waals surface area contributed by atoms with Gasteiger partial charge in [0.1, 0.15) is 23.9 Å². The number of carbonyl (C=O) groups excluding carboxylic acids is 1. The van der Waals surface area contributed by atoms with Crippen molar-refractivity contribution < 1.29 is 40.0 Å². The van der Waals surface area contributed by atoms with Gasteiger partial charge in [-0.15, -0.1) is 0 Å². The molecule has 1 atom stereocenters. The summed E-state index contributed by atoms with van der Waals surface area (Å²) in [7, 11) is -7.16. The normalized spacial score (nSPS) is 16.6. The lowest BCUT2D eigenvalue weighted by Gasteiger charge is -2.29. The number of aromatic nitrogens is 3. The van der Waals surface area contributed by atoms with E-state index in [9.17, 15) is 26.4 Å². The molecule has 0 unspecified atom stereocenters. The molecule has 43 heavy (non-hydrogen) atoms. The zero-order valence-corrected chi connectivity index (χ0v) is 26.9. The van der Waals surface area contributed by atoms with Crippen molar-refractivity contribution in [3.8, 4) is 17.0 Å². The second-order valence-corrected chi connectivity index (χ2v) is 19.8. The summed E-state index contributed by atoms with van der Waals surface area (Å²) in [5.41, 5.74) is -4.64. The Kier molecular flexibility index (Phi) is 9.19. The fraction of sp³-hybridized carbons (Fsp3) is 0.536. The number of benzene rings is 1. The largest absolute Gasteiger partial charge is 0.534 e. The molecule has 4 rings (SSSR count).